The van der Waals surface area contributed by atoms with E-state index in [9.17, 15) is 9.59 Å². The fourth-order valence-electron chi connectivity index (χ4n) is 5.07. The van der Waals surface area contributed by atoms with Crippen molar-refractivity contribution >= 4 is 28.3 Å². The quantitative estimate of drug-likeness (QED) is 0.611. The van der Waals surface area contributed by atoms with Gasteiger partial charge in [0.25, 0.3) is 11.8 Å². The van der Waals surface area contributed by atoms with Crippen molar-refractivity contribution in [2.24, 2.45) is 0 Å². The first-order chi connectivity index (χ1) is 16.5. The predicted octanol–water partition coefficient (Wildman–Crippen LogP) is 4.21. The van der Waals surface area contributed by atoms with Gasteiger partial charge in [-0.3, -0.25) is 9.59 Å². The fourth-order valence-corrected chi connectivity index (χ4v) is 5.07. The summed E-state index contributed by atoms with van der Waals surface area (Å²) in [5.41, 5.74) is 2.60. The molecule has 2 heterocycles. The highest BCUT2D eigenvalue weighted by atomic mass is 16.5. The molecule has 3 aromatic rings. The zero-order valence-electron chi connectivity index (χ0n) is 19.7. The van der Waals surface area contributed by atoms with Gasteiger partial charge >= 0.3 is 0 Å². The molecule has 0 aromatic heterocycles. The van der Waals surface area contributed by atoms with Crippen molar-refractivity contribution in [1.29, 1.82) is 0 Å². The van der Waals surface area contributed by atoms with Crippen LogP contribution in [-0.2, 0) is 6.42 Å². The standard InChI is InChI=1S/C27H29N3O4/c1-4-17-14-18(15-21-20(17)6-5-7-24(21)34-3)26(32)30-12-10-27(11-13-30)28-23-9-8-19(33-2)16-22(23)25(31)29-27/h5-9,14-16,28H,4,10-13H2,1-3H3,(H,29,31). The van der Waals surface area contributed by atoms with E-state index in [0.29, 0.717) is 42.8 Å². The summed E-state index contributed by atoms with van der Waals surface area (Å²) in [5, 5.41) is 8.71. The molecule has 34 heavy (non-hydrogen) atoms. The zero-order valence-corrected chi connectivity index (χ0v) is 19.7. The third-order valence-electron chi connectivity index (χ3n) is 6.99. The summed E-state index contributed by atoms with van der Waals surface area (Å²) in [4.78, 5) is 28.2. The summed E-state index contributed by atoms with van der Waals surface area (Å²) < 4.78 is 10.8. The van der Waals surface area contributed by atoms with Gasteiger partial charge in [0.05, 0.1) is 19.8 Å². The number of anilines is 1. The van der Waals surface area contributed by atoms with Gasteiger partial charge in [0.1, 0.15) is 17.2 Å². The molecular weight excluding hydrogens is 430 g/mol. The van der Waals surface area contributed by atoms with Crippen LogP contribution in [0.3, 0.4) is 0 Å². The van der Waals surface area contributed by atoms with E-state index >= 15 is 0 Å². The van der Waals surface area contributed by atoms with Crippen molar-refractivity contribution in [2.45, 2.75) is 31.8 Å². The molecule has 0 aliphatic carbocycles. The van der Waals surface area contributed by atoms with Crippen LogP contribution in [0.25, 0.3) is 10.8 Å². The molecule has 1 fully saturated rings. The van der Waals surface area contributed by atoms with Crippen LogP contribution in [0.1, 0.15) is 46.0 Å². The summed E-state index contributed by atoms with van der Waals surface area (Å²) in [5.74, 6) is 1.29. The summed E-state index contributed by atoms with van der Waals surface area (Å²) in [6.45, 7) is 3.18. The van der Waals surface area contributed by atoms with Crippen molar-refractivity contribution in [3.8, 4) is 11.5 Å². The van der Waals surface area contributed by atoms with E-state index in [1.165, 1.54) is 0 Å². The van der Waals surface area contributed by atoms with Crippen molar-refractivity contribution in [2.75, 3.05) is 32.6 Å². The van der Waals surface area contributed by atoms with E-state index in [1.54, 1.807) is 20.3 Å². The second-order valence-corrected chi connectivity index (χ2v) is 8.91. The lowest BCUT2D eigenvalue weighted by molar-refractivity contribution is 0.0639. The lowest BCUT2D eigenvalue weighted by Crippen LogP contribution is -2.62. The highest BCUT2D eigenvalue weighted by Crippen LogP contribution is 2.34. The van der Waals surface area contributed by atoms with Crippen LogP contribution < -0.4 is 20.1 Å². The lowest BCUT2D eigenvalue weighted by Gasteiger charge is -2.46. The van der Waals surface area contributed by atoms with E-state index in [0.717, 1.165) is 34.2 Å². The first-order valence-corrected chi connectivity index (χ1v) is 11.6. The maximum Gasteiger partial charge on any atom is 0.255 e. The number of fused-ring (bicyclic) bond motifs is 2. The molecule has 0 unspecified atom stereocenters. The summed E-state index contributed by atoms with van der Waals surface area (Å²) in [6.07, 6.45) is 2.06. The van der Waals surface area contributed by atoms with Crippen LogP contribution in [0.5, 0.6) is 11.5 Å². The average Bonchev–Trinajstić information content (AvgIpc) is 2.87. The Bertz CT molecular complexity index is 1280. The molecule has 0 atom stereocenters. The van der Waals surface area contributed by atoms with Crippen molar-refractivity contribution in [1.82, 2.24) is 10.2 Å². The molecule has 0 bridgehead atoms. The van der Waals surface area contributed by atoms with Gasteiger partial charge in [0.15, 0.2) is 0 Å². The molecule has 5 rings (SSSR count). The number of rotatable bonds is 4. The number of aryl methyl sites for hydroxylation is 1. The molecule has 2 aliphatic heterocycles. The van der Waals surface area contributed by atoms with Crippen LogP contribution in [0.4, 0.5) is 5.69 Å². The van der Waals surface area contributed by atoms with Gasteiger partial charge in [-0.15, -0.1) is 0 Å². The minimum Gasteiger partial charge on any atom is -0.497 e. The molecule has 7 nitrogen and oxygen atoms in total. The van der Waals surface area contributed by atoms with Crippen LogP contribution in [-0.4, -0.2) is 49.7 Å². The number of benzene rings is 3. The van der Waals surface area contributed by atoms with Gasteiger partial charge < -0.3 is 25.0 Å². The Kier molecular flexibility index (Phi) is 5.55. The number of piperidine rings is 1. The predicted molar refractivity (Wildman–Crippen MR) is 132 cm³/mol. The molecule has 2 aliphatic rings. The minimum absolute atomic E-state index is 0.00429. The van der Waals surface area contributed by atoms with Crippen LogP contribution in [0, 0.1) is 0 Å². The number of nitrogens with one attached hydrogen (secondary N) is 2. The summed E-state index contributed by atoms with van der Waals surface area (Å²) in [7, 11) is 3.23. The van der Waals surface area contributed by atoms with Gasteiger partial charge in [-0.05, 0) is 53.8 Å². The number of ether oxygens (including phenoxy) is 2. The average molecular weight is 460 g/mol. The van der Waals surface area contributed by atoms with Gasteiger partial charge in [-0.2, -0.15) is 0 Å². The highest BCUT2D eigenvalue weighted by molar-refractivity contribution is 6.03. The largest absolute Gasteiger partial charge is 0.497 e. The lowest BCUT2D eigenvalue weighted by atomic mass is 9.91. The van der Waals surface area contributed by atoms with Gasteiger partial charge in [0, 0.05) is 42.6 Å². The molecule has 0 saturated carbocycles. The van der Waals surface area contributed by atoms with Gasteiger partial charge in [-0.25, -0.2) is 0 Å². The first kappa shape index (κ1) is 22.1. The fraction of sp³-hybridized carbons (Fsp3) is 0.333. The van der Waals surface area contributed by atoms with Gasteiger partial charge in [-0.1, -0.05) is 19.1 Å². The number of carbonyl (C=O) groups is 2. The second-order valence-electron chi connectivity index (χ2n) is 8.91. The third-order valence-corrected chi connectivity index (χ3v) is 6.99. The molecule has 176 valence electrons. The maximum atomic E-state index is 13.5. The number of hydrogen-bond donors (Lipinski definition) is 2. The Morgan fingerprint density at radius 1 is 1.00 bits per heavy atom. The summed E-state index contributed by atoms with van der Waals surface area (Å²) >= 11 is 0. The Hall–Kier alpha value is -3.74. The molecule has 2 N–H and O–H groups in total. The Morgan fingerprint density at radius 3 is 2.50 bits per heavy atom. The van der Waals surface area contributed by atoms with E-state index in [2.05, 4.69) is 23.6 Å². The Labute approximate surface area is 199 Å². The van der Waals surface area contributed by atoms with Crippen molar-refractivity contribution < 1.29 is 19.1 Å². The molecule has 1 spiro atoms. The molecule has 0 radical (unpaired) electrons. The van der Waals surface area contributed by atoms with Crippen LogP contribution >= 0.6 is 0 Å². The summed E-state index contributed by atoms with van der Waals surface area (Å²) in [6, 6.07) is 15.4. The Balaban J connectivity index is 1.36. The van der Waals surface area contributed by atoms with E-state index in [4.69, 9.17) is 9.47 Å². The SMILES string of the molecule is CCc1cc(C(=O)N2CCC3(CC2)NC(=O)c2cc(OC)ccc2N3)cc2c(OC)cccc12. The number of amides is 2. The third kappa shape index (κ3) is 3.71. The molecule has 7 heteroatoms. The number of likely N-dealkylation sites (tertiary alicyclic amines) is 1. The van der Waals surface area contributed by atoms with Crippen molar-refractivity contribution in [3.63, 3.8) is 0 Å². The highest BCUT2D eigenvalue weighted by Gasteiger charge is 2.41. The first-order valence-electron chi connectivity index (χ1n) is 11.6. The van der Waals surface area contributed by atoms with Crippen molar-refractivity contribution in [3.05, 3.63) is 65.2 Å². The normalized spacial score (nSPS) is 16.6. The monoisotopic (exact) mass is 459 g/mol. The maximum absolute atomic E-state index is 13.5. The Morgan fingerprint density at radius 2 is 1.79 bits per heavy atom. The van der Waals surface area contributed by atoms with Crippen LogP contribution in [0.2, 0.25) is 0 Å². The molecule has 1 saturated heterocycles. The second kappa shape index (κ2) is 8.56. The molecule has 3 aromatic carbocycles. The smallest absolute Gasteiger partial charge is 0.255 e. The van der Waals surface area contributed by atoms with E-state index in [1.807, 2.05) is 41.3 Å². The minimum atomic E-state index is -0.559. The van der Waals surface area contributed by atoms with E-state index in [-0.39, 0.29) is 11.8 Å². The van der Waals surface area contributed by atoms with Crippen LogP contribution in [0.15, 0.2) is 48.5 Å². The number of carbonyl (C=O) groups excluding carboxylic acids is 2. The number of hydrogen-bond acceptors (Lipinski definition) is 5. The molecular formula is C27H29N3O4. The zero-order chi connectivity index (χ0) is 23.9. The number of methoxy groups -OCH3 is 2. The topological polar surface area (TPSA) is 79.9 Å². The molecule has 2 amide bonds. The van der Waals surface area contributed by atoms with Gasteiger partial charge in [0.2, 0.25) is 0 Å². The van der Waals surface area contributed by atoms with E-state index < -0.39 is 5.66 Å². The number of nitrogens with zero attached hydrogens (tertiary/aromatic N) is 1.